The summed E-state index contributed by atoms with van der Waals surface area (Å²) >= 11 is 0. The molecule has 4 aliphatic rings. The number of hydrogen-bond acceptors (Lipinski definition) is 0. The summed E-state index contributed by atoms with van der Waals surface area (Å²) in [6.07, 6.45) is 23.2. The van der Waals surface area contributed by atoms with E-state index in [0.717, 1.165) is 35.0 Å². The van der Waals surface area contributed by atoms with E-state index in [-0.39, 0.29) is 0 Å². The highest BCUT2D eigenvalue weighted by atomic mass is 14.7. The van der Waals surface area contributed by atoms with Crippen molar-refractivity contribution in [2.75, 3.05) is 0 Å². The Hall–Kier alpha value is 0. The molecule has 0 radical (unpaired) electrons. The maximum Gasteiger partial charge on any atom is -0.0184 e. The largest absolute Gasteiger partial charge is 0.0625 e. The molecule has 0 heterocycles. The lowest BCUT2D eigenvalue weighted by Gasteiger charge is -2.61. The van der Waals surface area contributed by atoms with Gasteiger partial charge >= 0.3 is 0 Å². The molecule has 4 fully saturated rings. The van der Waals surface area contributed by atoms with E-state index in [1.54, 1.807) is 51.4 Å². The molecule has 0 aromatic heterocycles. The predicted molar refractivity (Wildman–Crippen MR) is 109 cm³/mol. The van der Waals surface area contributed by atoms with Gasteiger partial charge in [0, 0.05) is 0 Å². The van der Waals surface area contributed by atoms with Crippen LogP contribution in [0.2, 0.25) is 0 Å². The lowest BCUT2D eigenvalue weighted by Crippen LogP contribution is -2.54. The molecule has 0 spiro atoms. The number of hydrogen-bond donors (Lipinski definition) is 0. The third-order valence-electron chi connectivity index (χ3n) is 10.0. The molecule has 0 bridgehead atoms. The molecule has 4 rings (SSSR count). The molecule has 0 aromatic rings. The molecule has 0 saturated heterocycles. The van der Waals surface area contributed by atoms with E-state index >= 15 is 0 Å². The first-order chi connectivity index (χ1) is 12.1. The van der Waals surface area contributed by atoms with Crippen molar-refractivity contribution in [3.8, 4) is 0 Å². The van der Waals surface area contributed by atoms with E-state index in [4.69, 9.17) is 0 Å². The SMILES string of the molecule is CC1CCCC(C2(C3(C4CCCCC4C)CCCC3)CCCC2C)C1. The first-order valence-electron chi connectivity index (χ1n) is 12.1. The Morgan fingerprint density at radius 1 is 0.640 bits per heavy atom. The topological polar surface area (TPSA) is 0 Å². The Kier molecular flexibility index (Phi) is 5.29. The fourth-order valence-corrected chi connectivity index (χ4v) is 9.18. The Bertz CT molecular complexity index is 445. The summed E-state index contributed by atoms with van der Waals surface area (Å²) in [6, 6.07) is 0. The second-order valence-corrected chi connectivity index (χ2v) is 11.0. The monoisotopic (exact) mass is 344 g/mol. The van der Waals surface area contributed by atoms with Crippen molar-refractivity contribution in [3.63, 3.8) is 0 Å². The molecule has 0 aliphatic heterocycles. The molecule has 0 N–H and O–H groups in total. The summed E-state index contributed by atoms with van der Waals surface area (Å²) in [7, 11) is 0. The van der Waals surface area contributed by atoms with Crippen molar-refractivity contribution in [1.29, 1.82) is 0 Å². The zero-order valence-electron chi connectivity index (χ0n) is 17.5. The van der Waals surface area contributed by atoms with E-state index in [1.807, 2.05) is 0 Å². The van der Waals surface area contributed by atoms with E-state index < -0.39 is 0 Å². The second-order valence-electron chi connectivity index (χ2n) is 11.0. The molecule has 6 unspecified atom stereocenters. The molecule has 4 aliphatic carbocycles. The van der Waals surface area contributed by atoms with Gasteiger partial charge in [-0.25, -0.2) is 0 Å². The van der Waals surface area contributed by atoms with Gasteiger partial charge in [-0.1, -0.05) is 78.6 Å². The highest BCUT2D eigenvalue weighted by Gasteiger charge is 2.63. The Balaban J connectivity index is 1.75. The Labute approximate surface area is 157 Å². The van der Waals surface area contributed by atoms with Gasteiger partial charge in [0.25, 0.3) is 0 Å². The zero-order chi connectivity index (χ0) is 17.5. The van der Waals surface area contributed by atoms with Crippen molar-refractivity contribution >= 4 is 0 Å². The van der Waals surface area contributed by atoms with Crippen molar-refractivity contribution in [3.05, 3.63) is 0 Å². The van der Waals surface area contributed by atoms with Crippen LogP contribution in [-0.2, 0) is 0 Å². The van der Waals surface area contributed by atoms with Crippen LogP contribution >= 0.6 is 0 Å². The lowest BCUT2D eigenvalue weighted by molar-refractivity contribution is -0.125. The minimum atomic E-state index is 0.717. The number of rotatable bonds is 3. The van der Waals surface area contributed by atoms with E-state index in [0.29, 0.717) is 5.41 Å². The molecule has 144 valence electrons. The van der Waals surface area contributed by atoms with Gasteiger partial charge in [-0.05, 0) is 78.9 Å². The van der Waals surface area contributed by atoms with Crippen LogP contribution in [0.5, 0.6) is 0 Å². The molecule has 0 heteroatoms. The quantitative estimate of drug-likeness (QED) is 0.486. The zero-order valence-corrected chi connectivity index (χ0v) is 17.5. The van der Waals surface area contributed by atoms with Crippen LogP contribution in [0.1, 0.15) is 117 Å². The van der Waals surface area contributed by atoms with Gasteiger partial charge in [0.05, 0.1) is 0 Å². The summed E-state index contributed by atoms with van der Waals surface area (Å²) in [5.74, 6) is 5.10. The normalized spacial score (nSPS) is 47.9. The average molecular weight is 345 g/mol. The summed E-state index contributed by atoms with van der Waals surface area (Å²) in [5, 5.41) is 0. The Morgan fingerprint density at radius 2 is 1.40 bits per heavy atom. The highest BCUT2D eigenvalue weighted by Crippen LogP contribution is 2.71. The van der Waals surface area contributed by atoms with Gasteiger partial charge in [-0.15, -0.1) is 0 Å². The summed E-state index contributed by atoms with van der Waals surface area (Å²) in [4.78, 5) is 0. The van der Waals surface area contributed by atoms with Gasteiger partial charge in [0.1, 0.15) is 0 Å². The molecule has 4 saturated carbocycles. The minimum Gasteiger partial charge on any atom is -0.0625 e. The molecule has 25 heavy (non-hydrogen) atoms. The van der Waals surface area contributed by atoms with Crippen LogP contribution in [0.3, 0.4) is 0 Å². The van der Waals surface area contributed by atoms with Gasteiger partial charge in [0.2, 0.25) is 0 Å². The molecule has 6 atom stereocenters. The van der Waals surface area contributed by atoms with Gasteiger partial charge < -0.3 is 0 Å². The van der Waals surface area contributed by atoms with Crippen LogP contribution in [-0.4, -0.2) is 0 Å². The van der Waals surface area contributed by atoms with Crippen LogP contribution in [0.4, 0.5) is 0 Å². The third-order valence-corrected chi connectivity index (χ3v) is 10.0. The lowest BCUT2D eigenvalue weighted by atomic mass is 9.43. The maximum atomic E-state index is 2.69. The fourth-order valence-electron chi connectivity index (χ4n) is 9.18. The summed E-state index contributed by atoms with van der Waals surface area (Å²) in [5.41, 5.74) is 1.44. The minimum absolute atomic E-state index is 0.717. The molecular weight excluding hydrogens is 300 g/mol. The van der Waals surface area contributed by atoms with Gasteiger partial charge in [-0.2, -0.15) is 0 Å². The van der Waals surface area contributed by atoms with E-state index in [9.17, 15) is 0 Å². The molecule has 0 aromatic carbocycles. The van der Waals surface area contributed by atoms with Gasteiger partial charge in [0.15, 0.2) is 0 Å². The first kappa shape index (κ1) is 18.4. The van der Waals surface area contributed by atoms with Crippen molar-refractivity contribution in [2.45, 2.75) is 117 Å². The highest BCUT2D eigenvalue weighted by molar-refractivity contribution is 5.12. The molecular formula is C25H44. The smallest absolute Gasteiger partial charge is 0.0184 e. The van der Waals surface area contributed by atoms with E-state index in [2.05, 4.69) is 20.8 Å². The third kappa shape index (κ3) is 2.84. The van der Waals surface area contributed by atoms with Crippen molar-refractivity contribution in [2.24, 2.45) is 40.4 Å². The first-order valence-corrected chi connectivity index (χ1v) is 12.1. The van der Waals surface area contributed by atoms with E-state index in [1.165, 1.54) is 44.9 Å². The standard InChI is InChI=1S/C25H44/c1-19-10-8-13-22(18-19)25(17-9-12-21(25)3)24(15-6-7-16-24)23-14-5-4-11-20(23)2/h19-23H,4-18H2,1-3H3. The van der Waals surface area contributed by atoms with Crippen LogP contribution in [0.15, 0.2) is 0 Å². The fraction of sp³-hybridized carbons (Fsp3) is 1.00. The molecule has 0 amide bonds. The average Bonchev–Trinajstić information content (AvgIpc) is 3.23. The maximum absolute atomic E-state index is 2.69. The predicted octanol–water partition coefficient (Wildman–Crippen LogP) is 8.01. The van der Waals surface area contributed by atoms with Crippen molar-refractivity contribution < 1.29 is 0 Å². The van der Waals surface area contributed by atoms with Gasteiger partial charge in [-0.3, -0.25) is 0 Å². The Morgan fingerprint density at radius 3 is 2.04 bits per heavy atom. The molecule has 0 nitrogen and oxygen atoms in total. The van der Waals surface area contributed by atoms with Crippen LogP contribution < -0.4 is 0 Å². The summed E-state index contributed by atoms with van der Waals surface area (Å²) in [6.45, 7) is 7.89. The second kappa shape index (κ2) is 7.20. The van der Waals surface area contributed by atoms with Crippen molar-refractivity contribution in [1.82, 2.24) is 0 Å². The summed E-state index contributed by atoms with van der Waals surface area (Å²) < 4.78 is 0. The van der Waals surface area contributed by atoms with Crippen LogP contribution in [0, 0.1) is 40.4 Å². The van der Waals surface area contributed by atoms with Crippen LogP contribution in [0.25, 0.3) is 0 Å².